The molecule has 1 aliphatic heterocycles. The summed E-state index contributed by atoms with van der Waals surface area (Å²) in [5.41, 5.74) is 2.31. The van der Waals surface area contributed by atoms with Gasteiger partial charge in [0, 0.05) is 43.3 Å². The van der Waals surface area contributed by atoms with E-state index in [4.69, 9.17) is 4.52 Å². The molecule has 1 fully saturated rings. The first-order chi connectivity index (χ1) is 16.5. The zero-order valence-electron chi connectivity index (χ0n) is 20.9. The summed E-state index contributed by atoms with van der Waals surface area (Å²) in [6.45, 7) is 12.1. The molecular formula is C25H33N5O4S. The van der Waals surface area contributed by atoms with Crippen molar-refractivity contribution >= 4 is 26.8 Å². The topological polar surface area (TPSA) is 117 Å². The van der Waals surface area contributed by atoms with Crippen LogP contribution in [0.25, 0.3) is 22.0 Å². The van der Waals surface area contributed by atoms with Gasteiger partial charge in [0.05, 0.1) is 16.1 Å². The Hall–Kier alpha value is -2.82. The van der Waals surface area contributed by atoms with E-state index in [1.54, 1.807) is 36.2 Å². The van der Waals surface area contributed by atoms with Crippen molar-refractivity contribution in [3.05, 3.63) is 41.9 Å². The summed E-state index contributed by atoms with van der Waals surface area (Å²) in [6, 6.07) is 6.00. The number of aryl methyl sites for hydroxylation is 2. The Labute approximate surface area is 206 Å². The Bertz CT molecular complexity index is 1320. The minimum atomic E-state index is -4.09. The van der Waals surface area contributed by atoms with Crippen molar-refractivity contribution in [3.8, 4) is 11.1 Å². The highest BCUT2D eigenvalue weighted by atomic mass is 32.2. The molecule has 1 atom stereocenters. The lowest BCUT2D eigenvalue weighted by Gasteiger charge is -2.33. The molecule has 2 N–H and O–H groups in total. The van der Waals surface area contributed by atoms with Crippen molar-refractivity contribution in [2.45, 2.75) is 52.0 Å². The number of benzene rings is 1. The molecule has 2 aromatic heterocycles. The van der Waals surface area contributed by atoms with Gasteiger partial charge in [-0.3, -0.25) is 9.78 Å². The zero-order chi connectivity index (χ0) is 25.4. The second kappa shape index (κ2) is 9.67. The maximum Gasteiger partial charge on any atom is 0.241 e. The van der Waals surface area contributed by atoms with E-state index >= 15 is 0 Å². The van der Waals surface area contributed by atoms with Gasteiger partial charge in [0.2, 0.25) is 15.9 Å². The highest BCUT2D eigenvalue weighted by molar-refractivity contribution is 7.89. The first kappa shape index (κ1) is 25.3. The van der Waals surface area contributed by atoms with Crippen LogP contribution in [-0.2, 0) is 14.8 Å². The normalized spacial score (nSPS) is 16.0. The average molecular weight is 500 g/mol. The number of piperazine rings is 1. The number of hydrogen-bond donors (Lipinski definition) is 2. The summed E-state index contributed by atoms with van der Waals surface area (Å²) in [5.74, 6) is 0.392. The predicted octanol–water partition coefficient (Wildman–Crippen LogP) is 3.02. The van der Waals surface area contributed by atoms with Gasteiger partial charge in [0.15, 0.2) is 0 Å². The highest BCUT2D eigenvalue weighted by Crippen LogP contribution is 2.33. The van der Waals surface area contributed by atoms with Crippen molar-refractivity contribution in [3.63, 3.8) is 0 Å². The molecule has 188 valence electrons. The van der Waals surface area contributed by atoms with Gasteiger partial charge in [-0.05, 0) is 55.5 Å². The Morgan fingerprint density at radius 1 is 1.23 bits per heavy atom. The van der Waals surface area contributed by atoms with Crippen LogP contribution in [0.4, 0.5) is 0 Å². The van der Waals surface area contributed by atoms with Gasteiger partial charge in [0.25, 0.3) is 0 Å². The molecule has 0 spiro atoms. The monoisotopic (exact) mass is 499 g/mol. The molecule has 0 radical (unpaired) electrons. The van der Waals surface area contributed by atoms with Gasteiger partial charge in [-0.2, -0.15) is 4.72 Å². The number of hydrogen-bond acceptors (Lipinski definition) is 7. The lowest BCUT2D eigenvalue weighted by molar-refractivity contribution is -0.134. The average Bonchev–Trinajstić information content (AvgIpc) is 3.14. The van der Waals surface area contributed by atoms with E-state index in [-0.39, 0.29) is 16.2 Å². The molecule has 1 aromatic carbocycles. The Balaban J connectivity index is 1.78. The molecule has 3 heterocycles. The van der Waals surface area contributed by atoms with Crippen LogP contribution >= 0.6 is 0 Å². The van der Waals surface area contributed by atoms with Gasteiger partial charge < -0.3 is 14.7 Å². The third kappa shape index (κ3) is 5.55. The van der Waals surface area contributed by atoms with Crippen molar-refractivity contribution in [2.75, 3.05) is 26.2 Å². The van der Waals surface area contributed by atoms with Gasteiger partial charge >= 0.3 is 0 Å². The van der Waals surface area contributed by atoms with E-state index in [0.717, 1.165) is 5.56 Å². The van der Waals surface area contributed by atoms with Crippen LogP contribution in [-0.4, -0.2) is 61.6 Å². The van der Waals surface area contributed by atoms with Crippen molar-refractivity contribution in [1.82, 2.24) is 25.1 Å². The SMILES string of the molecule is Cc1noc(C)c1-c1cc(S(=O)(=O)N[C@@H](CC(C)(C)C)C(=O)N2CCNCC2)c2cccnc2c1. The number of carbonyl (C=O) groups is 1. The van der Waals surface area contributed by atoms with E-state index < -0.39 is 16.1 Å². The molecular weight excluding hydrogens is 466 g/mol. The molecule has 1 saturated heterocycles. The molecule has 35 heavy (non-hydrogen) atoms. The third-order valence-electron chi connectivity index (χ3n) is 6.14. The van der Waals surface area contributed by atoms with Crippen LogP contribution in [0.15, 0.2) is 39.9 Å². The van der Waals surface area contributed by atoms with Gasteiger partial charge in [-0.25, -0.2) is 8.42 Å². The zero-order valence-corrected chi connectivity index (χ0v) is 21.7. The summed E-state index contributed by atoms with van der Waals surface area (Å²) >= 11 is 0. The summed E-state index contributed by atoms with van der Waals surface area (Å²) in [6.07, 6.45) is 1.99. The fourth-order valence-corrected chi connectivity index (χ4v) is 5.99. The fourth-order valence-electron chi connectivity index (χ4n) is 4.56. The molecule has 9 nitrogen and oxygen atoms in total. The minimum absolute atomic E-state index is 0.0742. The van der Waals surface area contributed by atoms with E-state index in [1.807, 2.05) is 33.8 Å². The standard InChI is InChI=1S/C25H33N5O4S/c1-16-23(17(2)34-28-16)18-13-20-19(7-6-8-27-20)22(14-18)35(32,33)29-21(15-25(3,4)5)24(31)30-11-9-26-10-12-30/h6-8,13-14,21,26,29H,9-12,15H2,1-5H3/t21-/m0/s1. The lowest BCUT2D eigenvalue weighted by Crippen LogP contribution is -2.54. The first-order valence-electron chi connectivity index (χ1n) is 11.8. The van der Waals surface area contributed by atoms with E-state index in [0.29, 0.717) is 60.5 Å². The molecule has 0 unspecified atom stereocenters. The van der Waals surface area contributed by atoms with Crippen LogP contribution in [0, 0.1) is 19.3 Å². The largest absolute Gasteiger partial charge is 0.361 e. The first-order valence-corrected chi connectivity index (χ1v) is 13.3. The third-order valence-corrected chi connectivity index (χ3v) is 7.65. The molecule has 10 heteroatoms. The Morgan fingerprint density at radius 3 is 2.57 bits per heavy atom. The summed E-state index contributed by atoms with van der Waals surface area (Å²) < 4.78 is 35.8. The second-order valence-electron chi connectivity index (χ2n) is 10.3. The fraction of sp³-hybridized carbons (Fsp3) is 0.480. The number of pyridine rings is 1. The summed E-state index contributed by atoms with van der Waals surface area (Å²) in [7, 11) is -4.09. The maximum absolute atomic E-state index is 13.9. The highest BCUT2D eigenvalue weighted by Gasteiger charge is 2.34. The minimum Gasteiger partial charge on any atom is -0.361 e. The quantitative estimate of drug-likeness (QED) is 0.535. The number of nitrogens with one attached hydrogen (secondary N) is 2. The Kier molecular flexibility index (Phi) is 6.99. The van der Waals surface area contributed by atoms with E-state index in [2.05, 4.69) is 20.2 Å². The number of nitrogens with zero attached hydrogens (tertiary/aromatic N) is 3. The van der Waals surface area contributed by atoms with Crippen molar-refractivity contribution < 1.29 is 17.7 Å². The molecule has 3 aromatic rings. The molecule has 0 aliphatic carbocycles. The predicted molar refractivity (Wildman–Crippen MR) is 134 cm³/mol. The smallest absolute Gasteiger partial charge is 0.241 e. The molecule has 0 bridgehead atoms. The van der Waals surface area contributed by atoms with Crippen LogP contribution < -0.4 is 10.0 Å². The number of carbonyl (C=O) groups excluding carboxylic acids is 1. The second-order valence-corrected chi connectivity index (χ2v) is 11.9. The molecule has 1 amide bonds. The number of aromatic nitrogens is 2. The number of rotatable bonds is 6. The van der Waals surface area contributed by atoms with Crippen LogP contribution in [0.3, 0.4) is 0 Å². The van der Waals surface area contributed by atoms with E-state index in [1.165, 1.54) is 0 Å². The van der Waals surface area contributed by atoms with Crippen molar-refractivity contribution in [2.24, 2.45) is 5.41 Å². The van der Waals surface area contributed by atoms with E-state index in [9.17, 15) is 13.2 Å². The maximum atomic E-state index is 13.9. The van der Waals surface area contributed by atoms with Crippen LogP contribution in [0.5, 0.6) is 0 Å². The Morgan fingerprint density at radius 2 is 1.94 bits per heavy atom. The summed E-state index contributed by atoms with van der Waals surface area (Å²) in [5, 5.41) is 7.73. The van der Waals surface area contributed by atoms with Crippen molar-refractivity contribution in [1.29, 1.82) is 0 Å². The number of sulfonamides is 1. The van der Waals surface area contributed by atoms with Crippen LogP contribution in [0.1, 0.15) is 38.6 Å². The number of fused-ring (bicyclic) bond motifs is 1. The van der Waals surface area contributed by atoms with Gasteiger partial charge in [-0.1, -0.05) is 25.9 Å². The molecule has 1 aliphatic rings. The summed E-state index contributed by atoms with van der Waals surface area (Å²) in [4.78, 5) is 19.6. The van der Waals surface area contributed by atoms with Gasteiger partial charge in [0.1, 0.15) is 11.8 Å². The van der Waals surface area contributed by atoms with Gasteiger partial charge in [-0.15, -0.1) is 0 Å². The van der Waals surface area contributed by atoms with Crippen LogP contribution in [0.2, 0.25) is 0 Å². The number of amides is 1. The lowest BCUT2D eigenvalue weighted by atomic mass is 9.88. The molecule has 0 saturated carbocycles. The molecule has 4 rings (SSSR count).